The Morgan fingerprint density at radius 2 is 1.73 bits per heavy atom. The Hall–Kier alpha value is -2.90. The lowest BCUT2D eigenvalue weighted by Crippen LogP contribution is -2.37. The molecule has 30 heavy (non-hydrogen) atoms. The molecule has 0 unspecified atom stereocenters. The quantitative estimate of drug-likeness (QED) is 0.654. The lowest BCUT2D eigenvalue weighted by molar-refractivity contribution is -0.291. The molecule has 164 valence electrons. The van der Waals surface area contributed by atoms with Gasteiger partial charge in [0.15, 0.2) is 5.69 Å². The van der Waals surface area contributed by atoms with Gasteiger partial charge in [-0.2, -0.15) is 35.1 Å². The number of rotatable bonds is 5. The number of halogens is 9. The van der Waals surface area contributed by atoms with E-state index in [9.17, 15) is 44.7 Å². The van der Waals surface area contributed by atoms with E-state index in [0.29, 0.717) is 12.1 Å². The van der Waals surface area contributed by atoms with E-state index in [4.69, 9.17) is 17.3 Å². The first-order valence-electron chi connectivity index (χ1n) is 7.45. The summed E-state index contributed by atoms with van der Waals surface area (Å²) < 4.78 is 110. The van der Waals surface area contributed by atoms with Gasteiger partial charge in [0.2, 0.25) is 11.7 Å². The molecule has 15 heteroatoms. The van der Waals surface area contributed by atoms with E-state index < -0.39 is 69.8 Å². The fraction of sp³-hybridized carbons (Fsp3) is 0.267. The molecule has 0 aliphatic carbocycles. The summed E-state index contributed by atoms with van der Waals surface area (Å²) in [5.74, 6) is -10.6. The molecular weight excluding hydrogens is 458 g/mol. The average molecular weight is 466 g/mol. The third-order valence-electron chi connectivity index (χ3n) is 3.38. The molecule has 1 amide bonds. The number of carbonyl (C=O) groups excluding carboxylic acids is 1. The van der Waals surface area contributed by atoms with E-state index in [1.165, 1.54) is 0 Å². The van der Waals surface area contributed by atoms with Crippen LogP contribution in [0.1, 0.15) is 17.1 Å². The highest BCUT2D eigenvalue weighted by Gasteiger charge is 2.62. The maximum absolute atomic E-state index is 13.9. The highest BCUT2D eigenvalue weighted by Crippen LogP contribution is 2.46. The molecule has 1 heterocycles. The number of nitrogens with two attached hydrogens (primary N) is 1. The van der Waals surface area contributed by atoms with E-state index in [0.717, 1.165) is 0 Å². The van der Waals surface area contributed by atoms with Gasteiger partial charge in [0.05, 0.1) is 17.0 Å². The van der Waals surface area contributed by atoms with Crippen molar-refractivity contribution in [1.29, 1.82) is 0 Å². The van der Waals surface area contributed by atoms with Gasteiger partial charge in [-0.05, 0) is 18.2 Å². The Bertz CT molecular complexity index is 1030. The Labute approximate surface area is 165 Å². The minimum Gasteiger partial charge on any atom is -0.449 e. The number of benzene rings is 1. The highest BCUT2D eigenvalue weighted by atomic mass is 35.5. The molecule has 2 rings (SSSR count). The van der Waals surface area contributed by atoms with E-state index in [-0.39, 0.29) is 6.07 Å². The van der Waals surface area contributed by atoms with Crippen LogP contribution in [0.2, 0.25) is 5.02 Å². The van der Waals surface area contributed by atoms with Gasteiger partial charge < -0.3 is 15.5 Å². The van der Waals surface area contributed by atoms with Crippen LogP contribution in [-0.2, 0) is 23.3 Å². The first kappa shape index (κ1) is 23.4. The van der Waals surface area contributed by atoms with Crippen molar-refractivity contribution in [2.24, 2.45) is 5.73 Å². The molecule has 0 aliphatic heterocycles. The largest absolute Gasteiger partial charge is 0.459 e. The van der Waals surface area contributed by atoms with Crippen LogP contribution < -0.4 is 16.0 Å². The number of hydrogen-bond acceptors (Lipinski definition) is 4. The summed E-state index contributed by atoms with van der Waals surface area (Å²) in [5.41, 5.74) is -0.692. The number of H-pyrrole nitrogens is 1. The molecule has 0 bridgehead atoms. The molecule has 1 aromatic carbocycles. The van der Waals surface area contributed by atoms with Crippen molar-refractivity contribution in [3.8, 4) is 11.5 Å². The molecule has 0 aliphatic rings. The third-order valence-corrected chi connectivity index (χ3v) is 3.71. The van der Waals surface area contributed by atoms with E-state index >= 15 is 0 Å². The first-order chi connectivity index (χ1) is 13.5. The molecule has 0 saturated heterocycles. The van der Waals surface area contributed by atoms with Gasteiger partial charge in [-0.1, -0.05) is 11.6 Å². The maximum Gasteiger partial charge on any atom is 0.459 e. The van der Waals surface area contributed by atoms with Crippen LogP contribution in [0.4, 0.5) is 35.1 Å². The second-order valence-corrected chi connectivity index (χ2v) is 6.05. The number of aromatic nitrogens is 2. The fourth-order valence-electron chi connectivity index (χ4n) is 2.10. The zero-order valence-electron chi connectivity index (χ0n) is 14.1. The number of hydrogen-bond donors (Lipinski definition) is 2. The number of carbonyl (C=O) groups is 1. The zero-order valence-corrected chi connectivity index (χ0v) is 14.8. The topological polar surface area (TPSA) is 98.1 Å². The molecule has 0 radical (unpaired) electrons. The minimum absolute atomic E-state index is 0.189. The number of alkyl halides is 8. The third kappa shape index (κ3) is 4.80. The van der Waals surface area contributed by atoms with E-state index in [2.05, 4.69) is 9.72 Å². The predicted octanol–water partition coefficient (Wildman–Crippen LogP) is 3.92. The van der Waals surface area contributed by atoms with Gasteiger partial charge in [-0.25, -0.2) is 4.98 Å². The van der Waals surface area contributed by atoms with Crippen molar-refractivity contribution in [3.05, 3.63) is 50.7 Å². The van der Waals surface area contributed by atoms with Crippen molar-refractivity contribution in [2.45, 2.75) is 24.7 Å². The second kappa shape index (κ2) is 7.74. The van der Waals surface area contributed by atoms with Crippen LogP contribution in [0.15, 0.2) is 23.0 Å². The molecule has 0 spiro atoms. The fourth-order valence-corrected chi connectivity index (χ4v) is 2.33. The molecule has 0 saturated carbocycles. The van der Waals surface area contributed by atoms with Gasteiger partial charge in [0.1, 0.15) is 11.6 Å². The Morgan fingerprint density at radius 3 is 2.23 bits per heavy atom. The van der Waals surface area contributed by atoms with Crippen LogP contribution in [0, 0.1) is 0 Å². The van der Waals surface area contributed by atoms with Gasteiger partial charge in [0.25, 0.3) is 5.56 Å². The standard InChI is InChI=1S/C15H8ClF8N3O3/c16-7-2-1-5(3-6(7)14(19,20)21)30-10-11(13(17,18)15(22,23)24)26-9(4-8(25)28)27-12(10)29/h1-3H,4H2,(H2,25,28)(H,26,27,29). The predicted molar refractivity (Wildman–Crippen MR) is 84.2 cm³/mol. The molecule has 1 aromatic heterocycles. The zero-order chi connectivity index (χ0) is 23.1. The molecule has 0 atom stereocenters. The van der Waals surface area contributed by atoms with Gasteiger partial charge in [-0.3, -0.25) is 9.59 Å². The molecule has 0 fully saturated rings. The lowest BCUT2D eigenvalue weighted by Gasteiger charge is -2.21. The first-order valence-corrected chi connectivity index (χ1v) is 7.83. The summed E-state index contributed by atoms with van der Waals surface area (Å²) >= 11 is 5.38. The lowest BCUT2D eigenvalue weighted by atomic mass is 10.2. The maximum atomic E-state index is 13.9. The summed E-state index contributed by atoms with van der Waals surface area (Å²) in [6.07, 6.45) is -12.3. The van der Waals surface area contributed by atoms with Gasteiger partial charge >= 0.3 is 18.3 Å². The number of nitrogens with one attached hydrogen (secondary N) is 1. The van der Waals surface area contributed by atoms with Gasteiger partial charge in [-0.15, -0.1) is 0 Å². The summed E-state index contributed by atoms with van der Waals surface area (Å²) in [6.45, 7) is 0. The normalized spacial score (nSPS) is 12.7. The minimum atomic E-state index is -6.26. The SMILES string of the molecule is NC(=O)Cc1nc(C(F)(F)C(F)(F)F)c(Oc2ccc(Cl)c(C(F)(F)F)c2)c(=O)[nH]1. The van der Waals surface area contributed by atoms with E-state index in [1.807, 2.05) is 0 Å². The molecule has 6 nitrogen and oxygen atoms in total. The van der Waals surface area contributed by atoms with Crippen molar-refractivity contribution in [3.63, 3.8) is 0 Å². The average Bonchev–Trinajstić information content (AvgIpc) is 2.55. The monoisotopic (exact) mass is 465 g/mol. The Morgan fingerprint density at radius 1 is 1.13 bits per heavy atom. The smallest absolute Gasteiger partial charge is 0.449 e. The van der Waals surface area contributed by atoms with Crippen molar-refractivity contribution in [1.82, 2.24) is 9.97 Å². The summed E-state index contributed by atoms with van der Waals surface area (Å²) in [7, 11) is 0. The number of aromatic amines is 1. The summed E-state index contributed by atoms with van der Waals surface area (Å²) in [6, 6.07) is 1.52. The van der Waals surface area contributed by atoms with Crippen LogP contribution in [0.25, 0.3) is 0 Å². The Balaban J connectivity index is 2.68. The van der Waals surface area contributed by atoms with Crippen LogP contribution in [0.3, 0.4) is 0 Å². The van der Waals surface area contributed by atoms with Crippen molar-refractivity contribution < 1.29 is 44.7 Å². The summed E-state index contributed by atoms with van der Waals surface area (Å²) in [5, 5.41) is -0.820. The van der Waals surface area contributed by atoms with Crippen molar-refractivity contribution in [2.75, 3.05) is 0 Å². The number of nitrogens with zero attached hydrogens (tertiary/aromatic N) is 1. The Kier molecular flexibility index (Phi) is 6.03. The van der Waals surface area contributed by atoms with Crippen LogP contribution in [-0.4, -0.2) is 22.1 Å². The molecule has 3 N–H and O–H groups in total. The molecule has 2 aromatic rings. The van der Waals surface area contributed by atoms with E-state index in [1.54, 1.807) is 4.98 Å². The van der Waals surface area contributed by atoms with Crippen LogP contribution in [0.5, 0.6) is 11.5 Å². The number of amides is 1. The molecular formula is C15H8ClF8N3O3. The summed E-state index contributed by atoms with van der Waals surface area (Å²) in [4.78, 5) is 27.5. The van der Waals surface area contributed by atoms with Crippen LogP contribution >= 0.6 is 11.6 Å². The number of primary amides is 1. The highest BCUT2D eigenvalue weighted by molar-refractivity contribution is 6.31. The number of ether oxygens (including phenoxy) is 1. The van der Waals surface area contributed by atoms with Gasteiger partial charge in [0, 0.05) is 0 Å². The van der Waals surface area contributed by atoms with Crippen molar-refractivity contribution >= 4 is 17.5 Å². The second-order valence-electron chi connectivity index (χ2n) is 5.65.